The SMILES string of the molecule is Cn1cccc1-n1ccc(C(=O)O)n1. The summed E-state index contributed by atoms with van der Waals surface area (Å²) >= 11 is 0. The highest BCUT2D eigenvalue weighted by Gasteiger charge is 2.08. The van der Waals surface area contributed by atoms with Crippen molar-refractivity contribution < 1.29 is 9.90 Å². The van der Waals surface area contributed by atoms with E-state index in [0.717, 1.165) is 5.82 Å². The van der Waals surface area contributed by atoms with Gasteiger partial charge in [0.25, 0.3) is 0 Å². The van der Waals surface area contributed by atoms with Crippen molar-refractivity contribution in [2.75, 3.05) is 0 Å². The number of carbonyl (C=O) groups is 1. The third-order valence-electron chi connectivity index (χ3n) is 1.96. The predicted molar refractivity (Wildman–Crippen MR) is 49.5 cm³/mol. The van der Waals surface area contributed by atoms with Crippen molar-refractivity contribution in [3.63, 3.8) is 0 Å². The van der Waals surface area contributed by atoms with Crippen LogP contribution in [0.5, 0.6) is 0 Å². The van der Waals surface area contributed by atoms with E-state index in [1.54, 1.807) is 6.20 Å². The van der Waals surface area contributed by atoms with Gasteiger partial charge in [-0.15, -0.1) is 0 Å². The van der Waals surface area contributed by atoms with Crippen LogP contribution in [0.2, 0.25) is 0 Å². The first-order valence-corrected chi connectivity index (χ1v) is 4.09. The van der Waals surface area contributed by atoms with Crippen LogP contribution < -0.4 is 0 Å². The molecule has 5 nitrogen and oxygen atoms in total. The molecule has 0 saturated heterocycles. The molecule has 0 aromatic carbocycles. The van der Waals surface area contributed by atoms with E-state index in [-0.39, 0.29) is 5.69 Å². The molecular formula is C9H9N3O2. The highest BCUT2D eigenvalue weighted by molar-refractivity contribution is 5.85. The second kappa shape index (κ2) is 3.02. The highest BCUT2D eigenvalue weighted by Crippen LogP contribution is 2.07. The zero-order chi connectivity index (χ0) is 10.1. The fourth-order valence-electron chi connectivity index (χ4n) is 1.26. The summed E-state index contributed by atoms with van der Waals surface area (Å²) < 4.78 is 3.39. The summed E-state index contributed by atoms with van der Waals surface area (Å²) in [6.45, 7) is 0. The number of aromatic carboxylic acids is 1. The van der Waals surface area contributed by atoms with E-state index >= 15 is 0 Å². The van der Waals surface area contributed by atoms with Crippen molar-refractivity contribution in [2.45, 2.75) is 0 Å². The first-order valence-electron chi connectivity index (χ1n) is 4.09. The fraction of sp³-hybridized carbons (Fsp3) is 0.111. The summed E-state index contributed by atoms with van der Waals surface area (Å²) in [6, 6.07) is 5.20. The van der Waals surface area contributed by atoms with Crippen LogP contribution in [-0.2, 0) is 7.05 Å². The Labute approximate surface area is 80.2 Å². The summed E-state index contributed by atoms with van der Waals surface area (Å²) in [5, 5.41) is 12.6. The van der Waals surface area contributed by atoms with E-state index in [1.165, 1.54) is 10.7 Å². The Kier molecular flexibility index (Phi) is 1.85. The molecule has 0 bridgehead atoms. The Balaban J connectivity index is 2.43. The van der Waals surface area contributed by atoms with E-state index in [1.807, 2.05) is 29.9 Å². The molecule has 0 aliphatic rings. The van der Waals surface area contributed by atoms with E-state index in [2.05, 4.69) is 5.10 Å². The van der Waals surface area contributed by atoms with Crippen LogP contribution in [0.25, 0.3) is 5.82 Å². The van der Waals surface area contributed by atoms with Crippen LogP contribution in [0.3, 0.4) is 0 Å². The van der Waals surface area contributed by atoms with Gasteiger partial charge in [0.2, 0.25) is 0 Å². The molecule has 1 N–H and O–H groups in total. The Morgan fingerprint density at radius 2 is 2.21 bits per heavy atom. The van der Waals surface area contributed by atoms with E-state index < -0.39 is 5.97 Å². The molecule has 0 radical (unpaired) electrons. The van der Waals surface area contributed by atoms with Crippen LogP contribution in [0, 0.1) is 0 Å². The molecule has 0 saturated carbocycles. The van der Waals surface area contributed by atoms with Crippen molar-refractivity contribution in [3.05, 3.63) is 36.3 Å². The summed E-state index contributed by atoms with van der Waals surface area (Å²) in [6.07, 6.45) is 3.50. The topological polar surface area (TPSA) is 60.0 Å². The average molecular weight is 191 g/mol. The number of aryl methyl sites for hydroxylation is 1. The van der Waals surface area contributed by atoms with Gasteiger partial charge in [-0.25, -0.2) is 9.48 Å². The molecule has 0 aliphatic carbocycles. The van der Waals surface area contributed by atoms with Gasteiger partial charge >= 0.3 is 5.97 Å². The first kappa shape index (κ1) is 8.55. The quantitative estimate of drug-likeness (QED) is 0.767. The Morgan fingerprint density at radius 1 is 1.43 bits per heavy atom. The number of aromatic nitrogens is 3. The molecule has 2 heterocycles. The second-order valence-corrected chi connectivity index (χ2v) is 2.93. The lowest BCUT2D eigenvalue weighted by Crippen LogP contribution is -2.04. The Morgan fingerprint density at radius 3 is 2.71 bits per heavy atom. The molecule has 0 amide bonds. The first-order chi connectivity index (χ1) is 6.68. The van der Waals surface area contributed by atoms with E-state index in [9.17, 15) is 4.79 Å². The number of nitrogens with zero attached hydrogens (tertiary/aromatic N) is 3. The van der Waals surface area contributed by atoms with Gasteiger partial charge in [-0.05, 0) is 18.2 Å². The maximum atomic E-state index is 10.6. The lowest BCUT2D eigenvalue weighted by molar-refractivity contribution is 0.0690. The van der Waals surface area contributed by atoms with Gasteiger partial charge in [0.1, 0.15) is 5.82 Å². The number of hydrogen-bond acceptors (Lipinski definition) is 2. The van der Waals surface area contributed by atoms with Gasteiger partial charge < -0.3 is 9.67 Å². The second-order valence-electron chi connectivity index (χ2n) is 2.93. The molecule has 0 aliphatic heterocycles. The maximum Gasteiger partial charge on any atom is 0.356 e. The van der Waals surface area contributed by atoms with Gasteiger partial charge in [0, 0.05) is 19.4 Å². The molecule has 0 spiro atoms. The third-order valence-corrected chi connectivity index (χ3v) is 1.96. The molecule has 72 valence electrons. The van der Waals surface area contributed by atoms with Gasteiger partial charge in [0.15, 0.2) is 5.69 Å². The number of carboxylic acids is 1. The van der Waals surface area contributed by atoms with Gasteiger partial charge in [-0.3, -0.25) is 0 Å². The lowest BCUT2D eigenvalue weighted by Gasteiger charge is -2.01. The maximum absolute atomic E-state index is 10.6. The summed E-state index contributed by atoms with van der Waals surface area (Å²) in [5.41, 5.74) is 0.0474. The predicted octanol–water partition coefficient (Wildman–Crippen LogP) is 0.909. The molecule has 2 aromatic rings. The molecule has 0 fully saturated rings. The average Bonchev–Trinajstić information content (AvgIpc) is 2.71. The highest BCUT2D eigenvalue weighted by atomic mass is 16.4. The Hall–Kier alpha value is -2.04. The number of carboxylic acid groups (broad SMARTS) is 1. The minimum atomic E-state index is -1.02. The largest absolute Gasteiger partial charge is 0.476 e. The van der Waals surface area contributed by atoms with Gasteiger partial charge in [-0.2, -0.15) is 5.10 Å². The third kappa shape index (κ3) is 1.28. The van der Waals surface area contributed by atoms with Crippen LogP contribution in [-0.4, -0.2) is 25.4 Å². The van der Waals surface area contributed by atoms with Gasteiger partial charge in [-0.1, -0.05) is 0 Å². The van der Waals surface area contributed by atoms with Crippen molar-refractivity contribution >= 4 is 5.97 Å². The van der Waals surface area contributed by atoms with Crippen LogP contribution in [0.1, 0.15) is 10.5 Å². The zero-order valence-corrected chi connectivity index (χ0v) is 7.58. The molecule has 0 atom stereocenters. The van der Waals surface area contributed by atoms with E-state index in [4.69, 9.17) is 5.11 Å². The summed E-state index contributed by atoms with van der Waals surface area (Å²) in [5.74, 6) is -0.185. The van der Waals surface area contributed by atoms with Crippen LogP contribution in [0.15, 0.2) is 30.6 Å². The molecule has 2 aromatic heterocycles. The van der Waals surface area contributed by atoms with Crippen molar-refractivity contribution in [1.29, 1.82) is 0 Å². The molecule has 5 heteroatoms. The monoisotopic (exact) mass is 191 g/mol. The minimum Gasteiger partial charge on any atom is -0.476 e. The van der Waals surface area contributed by atoms with Crippen molar-refractivity contribution in [3.8, 4) is 5.82 Å². The normalized spacial score (nSPS) is 10.4. The van der Waals surface area contributed by atoms with Gasteiger partial charge in [0.05, 0.1) is 0 Å². The molecule has 14 heavy (non-hydrogen) atoms. The Bertz CT molecular complexity index is 470. The van der Waals surface area contributed by atoms with Crippen LogP contribution >= 0.6 is 0 Å². The summed E-state index contributed by atoms with van der Waals surface area (Å²) in [7, 11) is 1.87. The summed E-state index contributed by atoms with van der Waals surface area (Å²) in [4.78, 5) is 10.6. The molecule has 2 rings (SSSR count). The smallest absolute Gasteiger partial charge is 0.356 e. The van der Waals surface area contributed by atoms with E-state index in [0.29, 0.717) is 0 Å². The minimum absolute atomic E-state index is 0.0474. The standard InChI is InChI=1S/C9H9N3O2/c1-11-5-2-3-8(11)12-6-4-7(10-12)9(13)14/h2-6H,1H3,(H,13,14). The number of rotatable bonds is 2. The lowest BCUT2D eigenvalue weighted by atomic mass is 10.5. The van der Waals surface area contributed by atoms with Crippen LogP contribution in [0.4, 0.5) is 0 Å². The molecular weight excluding hydrogens is 182 g/mol. The fourth-order valence-corrected chi connectivity index (χ4v) is 1.26. The molecule has 0 unspecified atom stereocenters. The zero-order valence-electron chi connectivity index (χ0n) is 7.58. The van der Waals surface area contributed by atoms with Crippen molar-refractivity contribution in [2.24, 2.45) is 7.05 Å². The number of hydrogen-bond donors (Lipinski definition) is 1. The van der Waals surface area contributed by atoms with Crippen molar-refractivity contribution in [1.82, 2.24) is 14.3 Å².